The van der Waals surface area contributed by atoms with Gasteiger partial charge in [-0.15, -0.1) is 0 Å². The van der Waals surface area contributed by atoms with Gasteiger partial charge in [0.15, 0.2) is 0 Å². The summed E-state index contributed by atoms with van der Waals surface area (Å²) in [5.41, 5.74) is 0. The van der Waals surface area contributed by atoms with E-state index >= 15 is 0 Å². The minimum atomic E-state index is -0.472. The van der Waals surface area contributed by atoms with Crippen LogP contribution in [0.4, 0.5) is 0 Å². The van der Waals surface area contributed by atoms with Crippen LogP contribution in [0.2, 0.25) is 0 Å². The lowest BCUT2D eigenvalue weighted by Crippen LogP contribution is -2.34. The lowest BCUT2D eigenvalue weighted by Gasteiger charge is -2.22. The summed E-state index contributed by atoms with van der Waals surface area (Å²) >= 11 is 2.29. The molecule has 0 heterocycles. The van der Waals surface area contributed by atoms with E-state index in [4.69, 9.17) is 0 Å². The summed E-state index contributed by atoms with van der Waals surface area (Å²) in [5.74, 6) is 0. The highest BCUT2D eigenvalue weighted by atomic mass is 127. The number of hydrogen-bond donors (Lipinski definition) is 1. The zero-order valence-electron chi connectivity index (χ0n) is 6.26. The Kier molecular flexibility index (Phi) is 6.36. The Bertz CT molecular complexity index is 97.6. The first-order chi connectivity index (χ1) is 4.76. The molecule has 1 atom stereocenters. The van der Waals surface area contributed by atoms with Crippen LogP contribution in [-0.2, 0) is 0 Å². The number of likely N-dealkylation sites (N-methyl/N-ethyl adjacent to an activating group) is 1. The van der Waals surface area contributed by atoms with Crippen molar-refractivity contribution < 1.29 is 5.11 Å². The molecule has 0 rings (SSSR count). The van der Waals surface area contributed by atoms with Gasteiger partial charge >= 0.3 is 0 Å². The topological polar surface area (TPSA) is 23.5 Å². The molecule has 0 aliphatic heterocycles. The van der Waals surface area contributed by atoms with Gasteiger partial charge in [0.2, 0.25) is 0 Å². The largest absolute Gasteiger partial charge is 0.375 e. The van der Waals surface area contributed by atoms with Crippen molar-refractivity contribution in [1.29, 1.82) is 0 Å². The molecule has 0 spiro atoms. The third-order valence-corrected chi connectivity index (χ3v) is 1.85. The standard InChI is InChI=1S/C7H14INO/c1-3-7(10)9(4-2)6-5-8/h3,7,10H,1,4-6H2,2H3/t7-/m0/s1. The summed E-state index contributed by atoms with van der Waals surface area (Å²) < 4.78 is 1.04. The molecule has 0 radical (unpaired) electrons. The Hall–Kier alpha value is 0.390. The molecule has 0 amide bonds. The van der Waals surface area contributed by atoms with E-state index in [1.54, 1.807) is 6.08 Å². The van der Waals surface area contributed by atoms with Crippen molar-refractivity contribution in [3.8, 4) is 0 Å². The fourth-order valence-electron chi connectivity index (χ4n) is 0.735. The SMILES string of the molecule is C=C[C@H](O)N(CC)CCI. The van der Waals surface area contributed by atoms with Crippen molar-refractivity contribution in [3.63, 3.8) is 0 Å². The average Bonchev–Trinajstić information content (AvgIpc) is 1.99. The lowest BCUT2D eigenvalue weighted by atomic mass is 10.4. The zero-order valence-corrected chi connectivity index (χ0v) is 8.41. The first-order valence-electron chi connectivity index (χ1n) is 3.36. The highest BCUT2D eigenvalue weighted by molar-refractivity contribution is 14.1. The minimum Gasteiger partial charge on any atom is -0.375 e. The van der Waals surface area contributed by atoms with E-state index < -0.39 is 6.23 Å². The number of aliphatic hydroxyl groups excluding tert-OH is 1. The van der Waals surface area contributed by atoms with Gasteiger partial charge in [-0.2, -0.15) is 0 Å². The molecule has 0 aliphatic rings. The van der Waals surface area contributed by atoms with Gasteiger partial charge in [0.1, 0.15) is 6.23 Å². The van der Waals surface area contributed by atoms with Gasteiger partial charge in [0, 0.05) is 11.0 Å². The van der Waals surface area contributed by atoms with Gasteiger partial charge in [-0.1, -0.05) is 36.1 Å². The highest BCUT2D eigenvalue weighted by Gasteiger charge is 2.07. The fraction of sp³-hybridized carbons (Fsp3) is 0.714. The number of hydrogen-bond acceptors (Lipinski definition) is 2. The van der Waals surface area contributed by atoms with E-state index in [1.165, 1.54) is 0 Å². The van der Waals surface area contributed by atoms with Crippen LogP contribution in [-0.4, -0.2) is 33.8 Å². The van der Waals surface area contributed by atoms with E-state index in [2.05, 4.69) is 29.2 Å². The Morgan fingerprint density at radius 2 is 2.40 bits per heavy atom. The van der Waals surface area contributed by atoms with E-state index in [-0.39, 0.29) is 0 Å². The van der Waals surface area contributed by atoms with Crippen molar-refractivity contribution >= 4 is 22.6 Å². The number of halogens is 1. The average molecular weight is 255 g/mol. The Morgan fingerprint density at radius 3 is 2.70 bits per heavy atom. The van der Waals surface area contributed by atoms with Crippen LogP contribution in [0.25, 0.3) is 0 Å². The monoisotopic (exact) mass is 255 g/mol. The van der Waals surface area contributed by atoms with Crippen molar-refractivity contribution in [2.24, 2.45) is 0 Å². The third-order valence-electron chi connectivity index (χ3n) is 1.36. The molecule has 0 aromatic rings. The molecular formula is C7H14INO. The summed E-state index contributed by atoms with van der Waals surface area (Å²) in [5, 5.41) is 9.25. The molecule has 0 fully saturated rings. The first kappa shape index (κ1) is 10.4. The second-order valence-corrected chi connectivity index (χ2v) is 3.05. The molecule has 0 bridgehead atoms. The summed E-state index contributed by atoms with van der Waals surface area (Å²) in [6, 6.07) is 0. The predicted octanol–water partition coefficient (Wildman–Crippen LogP) is 1.25. The Balaban J connectivity index is 3.67. The number of aliphatic hydroxyl groups is 1. The number of alkyl halides is 1. The maximum Gasteiger partial charge on any atom is 0.126 e. The van der Waals surface area contributed by atoms with Crippen LogP contribution < -0.4 is 0 Å². The molecule has 0 saturated carbocycles. The van der Waals surface area contributed by atoms with Crippen LogP contribution in [0.15, 0.2) is 12.7 Å². The van der Waals surface area contributed by atoms with E-state index in [9.17, 15) is 5.11 Å². The van der Waals surface area contributed by atoms with Gasteiger partial charge in [0.05, 0.1) is 0 Å². The Labute approximate surface area is 76.1 Å². The smallest absolute Gasteiger partial charge is 0.126 e. The summed E-state index contributed by atoms with van der Waals surface area (Å²) in [7, 11) is 0. The van der Waals surface area contributed by atoms with Crippen molar-refractivity contribution in [3.05, 3.63) is 12.7 Å². The number of nitrogens with zero attached hydrogens (tertiary/aromatic N) is 1. The molecule has 0 unspecified atom stereocenters. The molecule has 1 N–H and O–H groups in total. The normalized spacial score (nSPS) is 13.6. The summed E-state index contributed by atoms with van der Waals surface area (Å²) in [4.78, 5) is 1.96. The lowest BCUT2D eigenvalue weighted by molar-refractivity contribution is 0.0518. The molecule has 0 aromatic heterocycles. The van der Waals surface area contributed by atoms with Crippen LogP contribution in [0.3, 0.4) is 0 Å². The van der Waals surface area contributed by atoms with Crippen molar-refractivity contribution in [1.82, 2.24) is 4.90 Å². The second kappa shape index (κ2) is 6.12. The van der Waals surface area contributed by atoms with Crippen LogP contribution >= 0.6 is 22.6 Å². The third kappa shape index (κ3) is 3.53. The molecule has 0 aliphatic carbocycles. The molecular weight excluding hydrogens is 241 g/mol. The minimum absolute atomic E-state index is 0.472. The van der Waals surface area contributed by atoms with Gasteiger partial charge < -0.3 is 5.11 Å². The van der Waals surface area contributed by atoms with Crippen molar-refractivity contribution in [2.75, 3.05) is 17.5 Å². The van der Waals surface area contributed by atoms with Crippen LogP contribution in [0.5, 0.6) is 0 Å². The zero-order chi connectivity index (χ0) is 7.98. The van der Waals surface area contributed by atoms with Crippen LogP contribution in [0, 0.1) is 0 Å². The maximum absolute atomic E-state index is 9.25. The van der Waals surface area contributed by atoms with Gasteiger partial charge in [-0.05, 0) is 12.6 Å². The molecule has 0 saturated heterocycles. The van der Waals surface area contributed by atoms with E-state index in [0.717, 1.165) is 17.5 Å². The first-order valence-corrected chi connectivity index (χ1v) is 4.89. The number of rotatable bonds is 5. The highest BCUT2D eigenvalue weighted by Crippen LogP contribution is 1.97. The summed E-state index contributed by atoms with van der Waals surface area (Å²) in [6.07, 6.45) is 1.08. The van der Waals surface area contributed by atoms with E-state index in [0.29, 0.717) is 0 Å². The maximum atomic E-state index is 9.25. The summed E-state index contributed by atoms with van der Waals surface area (Å²) in [6.45, 7) is 7.34. The van der Waals surface area contributed by atoms with Gasteiger partial charge in [-0.25, -0.2) is 0 Å². The molecule has 60 valence electrons. The molecule has 3 heteroatoms. The van der Waals surface area contributed by atoms with Crippen molar-refractivity contribution in [2.45, 2.75) is 13.2 Å². The second-order valence-electron chi connectivity index (χ2n) is 1.97. The Morgan fingerprint density at radius 1 is 1.80 bits per heavy atom. The quantitative estimate of drug-likeness (QED) is 0.346. The van der Waals surface area contributed by atoms with Gasteiger partial charge in [0.25, 0.3) is 0 Å². The molecule has 2 nitrogen and oxygen atoms in total. The fourth-order valence-corrected chi connectivity index (χ4v) is 1.35. The van der Waals surface area contributed by atoms with Crippen LogP contribution in [0.1, 0.15) is 6.92 Å². The predicted molar refractivity (Wildman–Crippen MR) is 52.3 cm³/mol. The van der Waals surface area contributed by atoms with E-state index in [1.807, 2.05) is 11.8 Å². The molecule has 10 heavy (non-hydrogen) atoms. The molecule has 0 aromatic carbocycles. The van der Waals surface area contributed by atoms with Gasteiger partial charge in [-0.3, -0.25) is 4.90 Å².